The van der Waals surface area contributed by atoms with Gasteiger partial charge in [-0.05, 0) is 24.5 Å². The fourth-order valence-electron chi connectivity index (χ4n) is 5.00. The number of nitrogens with zero attached hydrogens (tertiary/aromatic N) is 2. The highest BCUT2D eigenvalue weighted by Crippen LogP contribution is 2.44. The highest BCUT2D eigenvalue weighted by molar-refractivity contribution is 5.80. The second kappa shape index (κ2) is 7.95. The van der Waals surface area contributed by atoms with Gasteiger partial charge in [0.05, 0.1) is 19.2 Å². The SMILES string of the molecule is COc1ccccc1C1(CNC(=O)[C@H]2CNC[C@@H]2c2cnn(C)c2)CCCC1. The Morgan fingerprint density at radius 1 is 1.32 bits per heavy atom. The lowest BCUT2D eigenvalue weighted by molar-refractivity contribution is -0.125. The van der Waals surface area contributed by atoms with E-state index in [0.29, 0.717) is 13.1 Å². The largest absolute Gasteiger partial charge is 0.496 e. The number of aryl methyl sites for hydroxylation is 1. The van der Waals surface area contributed by atoms with Gasteiger partial charge in [-0.15, -0.1) is 0 Å². The lowest BCUT2D eigenvalue weighted by Crippen LogP contribution is -2.43. The molecule has 1 saturated heterocycles. The van der Waals surface area contributed by atoms with Crippen molar-refractivity contribution >= 4 is 5.91 Å². The number of hydrogen-bond acceptors (Lipinski definition) is 4. The van der Waals surface area contributed by atoms with Crippen molar-refractivity contribution in [1.29, 1.82) is 0 Å². The highest BCUT2D eigenvalue weighted by Gasteiger charge is 2.40. The molecule has 150 valence electrons. The standard InChI is InChI=1S/C22H30N4O2/c1-26-14-16(11-25-26)17-12-23-13-18(17)21(27)24-15-22(9-5-6-10-22)19-7-3-4-8-20(19)28-2/h3-4,7-8,11,14,17-18,23H,5-6,9-10,12-13,15H2,1-2H3,(H,24,27)/t17-,18+/m1/s1. The quantitative estimate of drug-likeness (QED) is 0.805. The van der Waals surface area contributed by atoms with Crippen LogP contribution in [0.1, 0.15) is 42.7 Å². The van der Waals surface area contributed by atoms with E-state index < -0.39 is 0 Å². The van der Waals surface area contributed by atoms with Gasteiger partial charge in [0.15, 0.2) is 0 Å². The lowest BCUT2D eigenvalue weighted by Gasteiger charge is -2.32. The van der Waals surface area contributed by atoms with Crippen LogP contribution in [0.25, 0.3) is 0 Å². The van der Waals surface area contributed by atoms with Crippen LogP contribution >= 0.6 is 0 Å². The minimum Gasteiger partial charge on any atom is -0.496 e. The van der Waals surface area contributed by atoms with Crippen molar-refractivity contribution in [3.63, 3.8) is 0 Å². The summed E-state index contributed by atoms with van der Waals surface area (Å²) in [7, 11) is 3.64. The molecule has 6 nitrogen and oxygen atoms in total. The fraction of sp³-hybridized carbons (Fsp3) is 0.545. The van der Waals surface area contributed by atoms with Crippen molar-refractivity contribution in [2.45, 2.75) is 37.0 Å². The molecule has 2 aliphatic rings. The molecule has 0 spiro atoms. The predicted octanol–water partition coefficient (Wildman–Crippen LogP) is 2.36. The Labute approximate surface area is 166 Å². The summed E-state index contributed by atoms with van der Waals surface area (Å²) < 4.78 is 7.44. The summed E-state index contributed by atoms with van der Waals surface area (Å²) >= 11 is 0. The number of methoxy groups -OCH3 is 1. The molecule has 2 atom stereocenters. The van der Waals surface area contributed by atoms with Crippen molar-refractivity contribution in [3.8, 4) is 5.75 Å². The molecule has 0 unspecified atom stereocenters. The van der Waals surface area contributed by atoms with E-state index in [2.05, 4.69) is 27.9 Å². The monoisotopic (exact) mass is 382 g/mol. The topological polar surface area (TPSA) is 68.2 Å². The van der Waals surface area contributed by atoms with Crippen molar-refractivity contribution in [3.05, 3.63) is 47.8 Å². The second-order valence-electron chi connectivity index (χ2n) is 8.22. The predicted molar refractivity (Wildman–Crippen MR) is 108 cm³/mol. The number of rotatable bonds is 6. The van der Waals surface area contributed by atoms with Crippen LogP contribution in [-0.2, 0) is 17.3 Å². The van der Waals surface area contributed by atoms with E-state index in [1.54, 1.807) is 11.8 Å². The number of benzene rings is 1. The van der Waals surface area contributed by atoms with Crippen molar-refractivity contribution < 1.29 is 9.53 Å². The molecule has 1 aliphatic heterocycles. The third-order valence-electron chi connectivity index (χ3n) is 6.54. The Morgan fingerprint density at radius 2 is 2.11 bits per heavy atom. The third kappa shape index (κ3) is 3.53. The van der Waals surface area contributed by atoms with Crippen LogP contribution in [0.5, 0.6) is 5.75 Å². The number of carbonyl (C=O) groups is 1. The van der Waals surface area contributed by atoms with Gasteiger partial charge in [-0.2, -0.15) is 5.10 Å². The van der Waals surface area contributed by atoms with Crippen LogP contribution < -0.4 is 15.4 Å². The number of carbonyl (C=O) groups excluding carboxylic acids is 1. The zero-order valence-corrected chi connectivity index (χ0v) is 16.8. The average molecular weight is 383 g/mol. The molecule has 6 heteroatoms. The molecule has 2 aromatic rings. The molecule has 1 aliphatic carbocycles. The van der Waals surface area contributed by atoms with Crippen LogP contribution in [-0.4, -0.2) is 42.4 Å². The van der Waals surface area contributed by atoms with Crippen LogP contribution in [0.2, 0.25) is 0 Å². The molecule has 2 fully saturated rings. The number of ether oxygens (including phenoxy) is 1. The Bertz CT molecular complexity index is 825. The first-order valence-corrected chi connectivity index (χ1v) is 10.2. The Balaban J connectivity index is 1.49. The van der Waals surface area contributed by atoms with Crippen molar-refractivity contribution in [1.82, 2.24) is 20.4 Å². The number of amides is 1. The van der Waals surface area contributed by atoms with Gasteiger partial charge in [0.1, 0.15) is 5.75 Å². The Kier molecular flexibility index (Phi) is 5.40. The van der Waals surface area contributed by atoms with Crippen LogP contribution in [0.3, 0.4) is 0 Å². The number of nitrogens with one attached hydrogen (secondary N) is 2. The summed E-state index contributed by atoms with van der Waals surface area (Å²) in [5, 5.41) is 11.0. The van der Waals surface area contributed by atoms with Gasteiger partial charge in [-0.3, -0.25) is 9.48 Å². The molecule has 0 radical (unpaired) electrons. The summed E-state index contributed by atoms with van der Waals surface area (Å²) in [5.41, 5.74) is 2.33. The van der Waals surface area contributed by atoms with Crippen LogP contribution in [0.4, 0.5) is 0 Å². The van der Waals surface area contributed by atoms with Gasteiger partial charge in [0.25, 0.3) is 0 Å². The zero-order valence-electron chi connectivity index (χ0n) is 16.8. The maximum absolute atomic E-state index is 13.1. The summed E-state index contributed by atoms with van der Waals surface area (Å²) in [6.45, 7) is 2.21. The van der Waals surface area contributed by atoms with Gasteiger partial charge in [-0.25, -0.2) is 0 Å². The van der Waals surface area contributed by atoms with E-state index in [4.69, 9.17) is 4.74 Å². The van der Waals surface area contributed by atoms with Gasteiger partial charge >= 0.3 is 0 Å². The molecule has 28 heavy (non-hydrogen) atoms. The zero-order chi connectivity index (χ0) is 19.6. The minimum absolute atomic E-state index is 0.0297. The number of aromatic nitrogens is 2. The number of hydrogen-bond donors (Lipinski definition) is 2. The summed E-state index contributed by atoms with van der Waals surface area (Å²) in [5.74, 6) is 1.19. The summed E-state index contributed by atoms with van der Waals surface area (Å²) in [6.07, 6.45) is 8.45. The van der Waals surface area contributed by atoms with Crippen molar-refractivity contribution in [2.24, 2.45) is 13.0 Å². The first kappa shape index (κ1) is 19.0. The first-order chi connectivity index (χ1) is 13.6. The Hall–Kier alpha value is -2.34. The van der Waals surface area contributed by atoms with E-state index in [9.17, 15) is 4.79 Å². The maximum Gasteiger partial charge on any atom is 0.225 e. The molecule has 1 amide bonds. The van der Waals surface area contributed by atoms with Crippen molar-refractivity contribution in [2.75, 3.05) is 26.7 Å². The van der Waals surface area contributed by atoms with Gasteiger partial charge in [0, 0.05) is 49.8 Å². The molecule has 2 heterocycles. The summed E-state index contributed by atoms with van der Waals surface area (Å²) in [6, 6.07) is 8.26. The molecular weight excluding hydrogens is 352 g/mol. The Morgan fingerprint density at radius 3 is 2.82 bits per heavy atom. The van der Waals surface area contributed by atoms with E-state index in [-0.39, 0.29) is 23.2 Å². The van der Waals surface area contributed by atoms with E-state index in [0.717, 1.165) is 30.7 Å². The molecule has 4 rings (SSSR count). The third-order valence-corrected chi connectivity index (χ3v) is 6.54. The number of para-hydroxylation sites is 1. The molecule has 1 saturated carbocycles. The molecular formula is C22H30N4O2. The first-order valence-electron chi connectivity index (χ1n) is 10.2. The summed E-state index contributed by atoms with van der Waals surface area (Å²) in [4.78, 5) is 13.1. The van der Waals surface area contributed by atoms with Gasteiger partial charge < -0.3 is 15.4 Å². The van der Waals surface area contributed by atoms with E-state index in [1.807, 2.05) is 31.6 Å². The normalized spacial score (nSPS) is 23.6. The van der Waals surface area contributed by atoms with Crippen LogP contribution in [0, 0.1) is 5.92 Å². The van der Waals surface area contributed by atoms with Gasteiger partial charge in [-0.1, -0.05) is 31.0 Å². The molecule has 1 aromatic heterocycles. The minimum atomic E-state index is -0.0553. The maximum atomic E-state index is 13.1. The fourth-order valence-corrected chi connectivity index (χ4v) is 5.00. The molecule has 2 N–H and O–H groups in total. The second-order valence-corrected chi connectivity index (χ2v) is 8.22. The van der Waals surface area contributed by atoms with Crippen LogP contribution in [0.15, 0.2) is 36.7 Å². The average Bonchev–Trinajstić information content (AvgIpc) is 3.47. The highest BCUT2D eigenvalue weighted by atomic mass is 16.5. The van der Waals surface area contributed by atoms with Gasteiger partial charge in [0.2, 0.25) is 5.91 Å². The molecule has 1 aromatic carbocycles. The van der Waals surface area contributed by atoms with E-state index in [1.165, 1.54) is 18.4 Å². The lowest BCUT2D eigenvalue weighted by atomic mass is 9.78. The smallest absolute Gasteiger partial charge is 0.225 e. The van der Waals surface area contributed by atoms with E-state index >= 15 is 0 Å². The molecule has 0 bridgehead atoms.